The normalized spacial score (nSPS) is 17.2. The van der Waals surface area contributed by atoms with E-state index in [1.165, 1.54) is 17.0 Å². The van der Waals surface area contributed by atoms with Gasteiger partial charge in [0.05, 0.1) is 10.6 Å². The Labute approximate surface area is 126 Å². The molecule has 0 radical (unpaired) electrons. The average molecular weight is 341 g/mol. The van der Waals surface area contributed by atoms with Crippen LogP contribution in [0.15, 0.2) is 18.2 Å². The van der Waals surface area contributed by atoms with Gasteiger partial charge in [-0.05, 0) is 18.2 Å². The molecule has 1 fully saturated rings. The lowest BCUT2D eigenvalue weighted by Gasteiger charge is -2.32. The van der Waals surface area contributed by atoms with E-state index >= 15 is 0 Å². The second kappa shape index (κ2) is 5.85. The van der Waals surface area contributed by atoms with Crippen LogP contribution in [0.3, 0.4) is 0 Å². The zero-order chi connectivity index (χ0) is 14.9. The summed E-state index contributed by atoms with van der Waals surface area (Å²) in [7, 11) is -4.70. The lowest BCUT2D eigenvalue weighted by Crippen LogP contribution is -2.49. The van der Waals surface area contributed by atoms with Gasteiger partial charge in [-0.1, -0.05) is 27.1 Å². The van der Waals surface area contributed by atoms with E-state index in [0.717, 1.165) is 0 Å². The monoisotopic (exact) mass is 340 g/mol. The molecule has 1 aliphatic rings. The molecule has 1 saturated heterocycles. The fraction of sp³-hybridized carbons (Fsp3) is 0.364. The minimum atomic E-state index is -4.70. The number of amides is 1. The predicted octanol–water partition coefficient (Wildman–Crippen LogP) is 1.97. The smallest absolute Gasteiger partial charge is 0.336 e. The van der Waals surface area contributed by atoms with E-state index in [1.54, 1.807) is 6.07 Å². The Morgan fingerprint density at radius 1 is 1.15 bits per heavy atom. The van der Waals surface area contributed by atoms with Crippen molar-refractivity contribution in [3.63, 3.8) is 0 Å². The molecular formula is C11H11Cl2FN2O3S. The molecule has 1 aromatic carbocycles. The molecule has 0 unspecified atom stereocenters. The van der Waals surface area contributed by atoms with Crippen LogP contribution in [0.4, 0.5) is 3.89 Å². The second-order valence-corrected chi connectivity index (χ2v) is 6.44. The molecule has 110 valence electrons. The maximum absolute atomic E-state index is 12.8. The Kier molecular flexibility index (Phi) is 4.53. The number of hydrogen-bond donors (Lipinski definition) is 0. The van der Waals surface area contributed by atoms with Gasteiger partial charge in [0.1, 0.15) is 0 Å². The fourth-order valence-electron chi connectivity index (χ4n) is 1.94. The first-order valence-electron chi connectivity index (χ1n) is 5.73. The third-order valence-corrected chi connectivity index (χ3v) is 4.53. The van der Waals surface area contributed by atoms with Crippen molar-refractivity contribution in [1.29, 1.82) is 0 Å². The van der Waals surface area contributed by atoms with E-state index < -0.39 is 10.4 Å². The molecule has 0 bridgehead atoms. The second-order valence-electron chi connectivity index (χ2n) is 4.26. The summed E-state index contributed by atoms with van der Waals surface area (Å²) in [6.07, 6.45) is 0. The van der Waals surface area contributed by atoms with Crippen LogP contribution in [-0.4, -0.2) is 49.7 Å². The number of nitrogens with zero attached hydrogens (tertiary/aromatic N) is 2. The van der Waals surface area contributed by atoms with Crippen LogP contribution < -0.4 is 0 Å². The van der Waals surface area contributed by atoms with Gasteiger partial charge >= 0.3 is 10.4 Å². The van der Waals surface area contributed by atoms with E-state index in [-0.39, 0.29) is 42.7 Å². The molecule has 0 spiro atoms. The Balaban J connectivity index is 2.09. The largest absolute Gasteiger partial charge is 0.374 e. The van der Waals surface area contributed by atoms with Crippen molar-refractivity contribution in [3.05, 3.63) is 33.8 Å². The number of halogens is 3. The minimum absolute atomic E-state index is 0.0736. The van der Waals surface area contributed by atoms with Gasteiger partial charge in [-0.3, -0.25) is 4.79 Å². The van der Waals surface area contributed by atoms with Crippen LogP contribution in [-0.2, 0) is 10.4 Å². The zero-order valence-corrected chi connectivity index (χ0v) is 12.6. The number of benzene rings is 1. The molecule has 5 nitrogen and oxygen atoms in total. The van der Waals surface area contributed by atoms with Gasteiger partial charge in [-0.2, -0.15) is 12.7 Å². The number of hydrogen-bond acceptors (Lipinski definition) is 3. The maximum atomic E-state index is 12.8. The quantitative estimate of drug-likeness (QED) is 0.773. The molecule has 0 aromatic heterocycles. The molecule has 9 heteroatoms. The van der Waals surface area contributed by atoms with E-state index in [2.05, 4.69) is 0 Å². The standard InChI is InChI=1S/C11H11Cl2FN2O3S/c12-8-1-2-9(10(13)7-8)11(17)15-3-5-16(6-4-15)20(14,18)19/h1-2,7H,3-6H2. The highest BCUT2D eigenvalue weighted by Gasteiger charge is 2.29. The van der Waals surface area contributed by atoms with E-state index in [0.29, 0.717) is 9.33 Å². The van der Waals surface area contributed by atoms with Gasteiger partial charge in [0.2, 0.25) is 0 Å². The van der Waals surface area contributed by atoms with Gasteiger partial charge in [-0.25, -0.2) is 0 Å². The van der Waals surface area contributed by atoms with Crippen LogP contribution in [0.25, 0.3) is 0 Å². The average Bonchev–Trinajstić information content (AvgIpc) is 2.37. The molecule has 20 heavy (non-hydrogen) atoms. The lowest BCUT2D eigenvalue weighted by molar-refractivity contribution is 0.0695. The number of carbonyl (C=O) groups is 1. The maximum Gasteiger partial charge on any atom is 0.374 e. The Morgan fingerprint density at radius 2 is 1.75 bits per heavy atom. The third-order valence-electron chi connectivity index (χ3n) is 3.00. The molecule has 0 N–H and O–H groups in total. The minimum Gasteiger partial charge on any atom is -0.336 e. The first-order valence-corrected chi connectivity index (χ1v) is 7.83. The van der Waals surface area contributed by atoms with Crippen LogP contribution in [0.2, 0.25) is 10.0 Å². The number of carbonyl (C=O) groups excluding carboxylic acids is 1. The summed E-state index contributed by atoms with van der Waals surface area (Å²) in [6.45, 7) is 0.0768. The van der Waals surface area contributed by atoms with Gasteiger partial charge in [0, 0.05) is 31.2 Å². The highest BCUT2D eigenvalue weighted by molar-refractivity contribution is 7.83. The summed E-state index contributed by atoms with van der Waals surface area (Å²) in [5.74, 6) is -0.331. The lowest BCUT2D eigenvalue weighted by atomic mass is 10.2. The fourth-order valence-corrected chi connectivity index (χ4v) is 3.03. The van der Waals surface area contributed by atoms with Crippen molar-refractivity contribution in [2.24, 2.45) is 0 Å². The molecule has 1 aromatic rings. The summed E-state index contributed by atoms with van der Waals surface area (Å²) in [5.41, 5.74) is 0.285. The molecule has 1 heterocycles. The van der Waals surface area contributed by atoms with Crippen LogP contribution in [0, 0.1) is 0 Å². The molecule has 0 saturated carbocycles. The zero-order valence-electron chi connectivity index (χ0n) is 10.2. The van der Waals surface area contributed by atoms with Gasteiger partial charge < -0.3 is 4.90 Å². The van der Waals surface area contributed by atoms with Crippen molar-refractivity contribution in [3.8, 4) is 0 Å². The van der Waals surface area contributed by atoms with E-state index in [1.807, 2.05) is 0 Å². The van der Waals surface area contributed by atoms with Crippen molar-refractivity contribution >= 4 is 39.5 Å². The summed E-state index contributed by atoms with van der Waals surface area (Å²) < 4.78 is 35.0. The molecule has 2 rings (SSSR count). The first-order chi connectivity index (χ1) is 9.29. The first kappa shape index (κ1) is 15.5. The number of piperazine rings is 1. The van der Waals surface area contributed by atoms with Gasteiger partial charge in [0.25, 0.3) is 5.91 Å². The Hall–Kier alpha value is -0.890. The summed E-state index contributed by atoms with van der Waals surface area (Å²) in [5, 5.41) is 0.642. The highest BCUT2D eigenvalue weighted by atomic mass is 35.5. The summed E-state index contributed by atoms with van der Waals surface area (Å²) in [6, 6.07) is 4.51. The number of rotatable bonds is 2. The van der Waals surface area contributed by atoms with E-state index in [4.69, 9.17) is 23.2 Å². The summed E-state index contributed by atoms with van der Waals surface area (Å²) in [4.78, 5) is 13.7. The van der Waals surface area contributed by atoms with Crippen molar-refractivity contribution in [1.82, 2.24) is 9.21 Å². The van der Waals surface area contributed by atoms with Crippen LogP contribution >= 0.6 is 23.2 Å². The molecule has 1 amide bonds. The predicted molar refractivity (Wildman–Crippen MR) is 74.0 cm³/mol. The van der Waals surface area contributed by atoms with Gasteiger partial charge in [-0.15, -0.1) is 0 Å². The van der Waals surface area contributed by atoms with Crippen LogP contribution in [0.1, 0.15) is 10.4 Å². The Bertz CT molecular complexity index is 631. The molecule has 1 aliphatic heterocycles. The molecule has 0 atom stereocenters. The van der Waals surface area contributed by atoms with Crippen LogP contribution in [0.5, 0.6) is 0 Å². The van der Waals surface area contributed by atoms with E-state index in [9.17, 15) is 17.1 Å². The topological polar surface area (TPSA) is 57.7 Å². The molecule has 0 aliphatic carbocycles. The van der Waals surface area contributed by atoms with Crippen molar-refractivity contribution in [2.75, 3.05) is 26.2 Å². The van der Waals surface area contributed by atoms with Gasteiger partial charge in [0.15, 0.2) is 0 Å². The highest BCUT2D eigenvalue weighted by Crippen LogP contribution is 2.23. The Morgan fingerprint density at radius 3 is 2.25 bits per heavy atom. The summed E-state index contributed by atoms with van der Waals surface area (Å²) >= 11 is 11.7. The van der Waals surface area contributed by atoms with Crippen molar-refractivity contribution in [2.45, 2.75) is 0 Å². The van der Waals surface area contributed by atoms with Crippen molar-refractivity contribution < 1.29 is 17.1 Å². The molecular weight excluding hydrogens is 330 g/mol. The third kappa shape index (κ3) is 3.41. The SMILES string of the molecule is O=C(c1ccc(Cl)cc1Cl)N1CCN(S(=O)(=O)F)CC1.